The number of amides is 1. The second kappa shape index (κ2) is 9.01. The number of halogens is 1. The first-order valence-corrected chi connectivity index (χ1v) is 9.43. The van der Waals surface area contributed by atoms with Crippen molar-refractivity contribution in [3.05, 3.63) is 59.4 Å². The number of hydrogen-bond donors (Lipinski definition) is 1. The Morgan fingerprint density at radius 2 is 2.00 bits per heavy atom. The lowest BCUT2D eigenvalue weighted by Crippen LogP contribution is -2.54. The molecule has 26 heavy (non-hydrogen) atoms. The molecule has 1 N–H and O–H groups in total. The number of nitrogens with zero attached hydrogens (tertiary/aromatic N) is 3. The fourth-order valence-corrected chi connectivity index (χ4v) is 3.40. The third-order valence-electron chi connectivity index (χ3n) is 4.82. The predicted molar refractivity (Wildman–Crippen MR) is 106 cm³/mol. The van der Waals surface area contributed by atoms with Crippen LogP contribution in [0.5, 0.6) is 0 Å². The monoisotopic (exact) mass is 372 g/mol. The molecule has 3 rings (SSSR count). The van der Waals surface area contributed by atoms with E-state index < -0.39 is 0 Å². The minimum Gasteiger partial charge on any atom is -0.369 e. The number of carbonyl (C=O) groups excluding carboxylic acids is 1. The van der Waals surface area contributed by atoms with Crippen LogP contribution in [0, 0.1) is 0 Å². The standard InChI is InChI=1S/C20H25ClN4O/c1-16(20(26)23-10-8-18-6-2-3-9-22-18)24-11-13-25(14-12-24)19-7-4-5-17(21)15-19/h2-7,9,15-16H,8,10-14H2,1H3,(H,23,26). The molecule has 2 aromatic rings. The molecule has 6 heteroatoms. The van der Waals surface area contributed by atoms with Gasteiger partial charge < -0.3 is 10.2 Å². The van der Waals surface area contributed by atoms with Gasteiger partial charge in [0.25, 0.3) is 0 Å². The van der Waals surface area contributed by atoms with E-state index in [0.29, 0.717) is 6.54 Å². The highest BCUT2D eigenvalue weighted by Gasteiger charge is 2.25. The lowest BCUT2D eigenvalue weighted by Gasteiger charge is -2.38. The molecular weight excluding hydrogens is 348 g/mol. The zero-order chi connectivity index (χ0) is 18.4. The van der Waals surface area contributed by atoms with Gasteiger partial charge in [0.15, 0.2) is 0 Å². The Morgan fingerprint density at radius 1 is 1.19 bits per heavy atom. The molecule has 1 aromatic carbocycles. The van der Waals surface area contributed by atoms with E-state index in [9.17, 15) is 4.79 Å². The van der Waals surface area contributed by atoms with Gasteiger partial charge >= 0.3 is 0 Å². The van der Waals surface area contributed by atoms with Crippen LogP contribution in [0.3, 0.4) is 0 Å². The van der Waals surface area contributed by atoms with Crippen LogP contribution in [0.1, 0.15) is 12.6 Å². The number of rotatable bonds is 6. The minimum absolute atomic E-state index is 0.0807. The van der Waals surface area contributed by atoms with Crippen molar-refractivity contribution in [3.63, 3.8) is 0 Å². The van der Waals surface area contributed by atoms with E-state index in [0.717, 1.165) is 49.0 Å². The maximum atomic E-state index is 12.4. The Morgan fingerprint density at radius 3 is 2.69 bits per heavy atom. The van der Waals surface area contributed by atoms with Crippen LogP contribution in [0.2, 0.25) is 5.02 Å². The van der Waals surface area contributed by atoms with Crippen LogP contribution in [-0.4, -0.2) is 54.6 Å². The van der Waals surface area contributed by atoms with Crippen molar-refractivity contribution in [2.45, 2.75) is 19.4 Å². The summed E-state index contributed by atoms with van der Waals surface area (Å²) in [6.45, 7) is 6.11. The number of aromatic nitrogens is 1. The topological polar surface area (TPSA) is 48.5 Å². The molecule has 1 fully saturated rings. The zero-order valence-corrected chi connectivity index (χ0v) is 15.8. The summed E-state index contributed by atoms with van der Waals surface area (Å²) in [6.07, 6.45) is 2.53. The number of benzene rings is 1. The summed E-state index contributed by atoms with van der Waals surface area (Å²) in [4.78, 5) is 21.2. The first kappa shape index (κ1) is 18.7. The highest BCUT2D eigenvalue weighted by atomic mass is 35.5. The van der Waals surface area contributed by atoms with Gasteiger partial charge in [-0.2, -0.15) is 0 Å². The molecule has 1 aliphatic heterocycles. The Bertz CT molecular complexity index is 717. The second-order valence-corrected chi connectivity index (χ2v) is 6.98. The second-order valence-electron chi connectivity index (χ2n) is 6.54. The minimum atomic E-state index is -0.125. The fraction of sp³-hybridized carbons (Fsp3) is 0.400. The van der Waals surface area contributed by atoms with E-state index in [1.165, 1.54) is 0 Å². The van der Waals surface area contributed by atoms with Crippen molar-refractivity contribution in [1.29, 1.82) is 0 Å². The van der Waals surface area contributed by atoms with Gasteiger partial charge in [-0.05, 0) is 37.3 Å². The molecule has 0 aliphatic carbocycles. The number of hydrogen-bond acceptors (Lipinski definition) is 4. The number of pyridine rings is 1. The number of carbonyl (C=O) groups is 1. The number of nitrogens with one attached hydrogen (secondary N) is 1. The van der Waals surface area contributed by atoms with Crippen LogP contribution in [0.25, 0.3) is 0 Å². The molecule has 5 nitrogen and oxygen atoms in total. The Balaban J connectivity index is 1.44. The normalized spacial score (nSPS) is 16.3. The van der Waals surface area contributed by atoms with E-state index >= 15 is 0 Å². The first-order chi connectivity index (χ1) is 12.6. The smallest absolute Gasteiger partial charge is 0.237 e. The molecule has 1 unspecified atom stereocenters. The van der Waals surface area contributed by atoms with Gasteiger partial charge in [-0.25, -0.2) is 0 Å². The Labute approximate surface area is 160 Å². The molecule has 0 saturated carbocycles. The van der Waals surface area contributed by atoms with Gasteiger partial charge in [0.1, 0.15) is 0 Å². The van der Waals surface area contributed by atoms with Gasteiger partial charge in [0.2, 0.25) is 5.91 Å². The summed E-state index contributed by atoms with van der Waals surface area (Å²) < 4.78 is 0. The van der Waals surface area contributed by atoms with Gasteiger partial charge in [-0.1, -0.05) is 23.7 Å². The molecule has 1 atom stereocenters. The van der Waals surface area contributed by atoms with Crippen LogP contribution in [0.4, 0.5) is 5.69 Å². The molecule has 2 heterocycles. The quantitative estimate of drug-likeness (QED) is 0.846. The van der Waals surface area contributed by atoms with Crippen molar-refractivity contribution >= 4 is 23.2 Å². The van der Waals surface area contributed by atoms with Crippen molar-refractivity contribution in [1.82, 2.24) is 15.2 Å². The molecule has 1 aliphatic rings. The van der Waals surface area contributed by atoms with E-state index in [-0.39, 0.29) is 11.9 Å². The third kappa shape index (κ3) is 4.96. The molecule has 0 radical (unpaired) electrons. The lowest BCUT2D eigenvalue weighted by molar-refractivity contribution is -0.125. The largest absolute Gasteiger partial charge is 0.369 e. The third-order valence-corrected chi connectivity index (χ3v) is 5.06. The molecule has 0 bridgehead atoms. The maximum absolute atomic E-state index is 12.4. The van der Waals surface area contributed by atoms with E-state index in [4.69, 9.17) is 11.6 Å². The average molecular weight is 373 g/mol. The number of piperazine rings is 1. The highest BCUT2D eigenvalue weighted by Crippen LogP contribution is 2.21. The molecular formula is C20H25ClN4O. The van der Waals surface area contributed by atoms with Crippen molar-refractivity contribution in [2.75, 3.05) is 37.6 Å². The van der Waals surface area contributed by atoms with Crippen molar-refractivity contribution in [2.24, 2.45) is 0 Å². The first-order valence-electron chi connectivity index (χ1n) is 9.05. The SMILES string of the molecule is CC(C(=O)NCCc1ccccn1)N1CCN(c2cccc(Cl)c2)CC1. The van der Waals surface area contributed by atoms with Crippen molar-refractivity contribution in [3.8, 4) is 0 Å². The summed E-state index contributed by atoms with van der Waals surface area (Å²) in [5, 5.41) is 3.78. The maximum Gasteiger partial charge on any atom is 0.237 e. The van der Waals surface area contributed by atoms with Gasteiger partial charge in [0.05, 0.1) is 6.04 Å². The Kier molecular flexibility index (Phi) is 6.47. The van der Waals surface area contributed by atoms with Gasteiger partial charge in [-0.15, -0.1) is 0 Å². The highest BCUT2D eigenvalue weighted by molar-refractivity contribution is 6.30. The summed E-state index contributed by atoms with van der Waals surface area (Å²) in [7, 11) is 0. The molecule has 138 valence electrons. The Hall–Kier alpha value is -2.11. The molecule has 0 spiro atoms. The lowest BCUT2D eigenvalue weighted by atomic mass is 10.2. The van der Waals surface area contributed by atoms with Crippen LogP contribution >= 0.6 is 11.6 Å². The summed E-state index contributed by atoms with van der Waals surface area (Å²) in [6, 6.07) is 13.6. The van der Waals surface area contributed by atoms with Gasteiger partial charge in [0, 0.05) is 61.7 Å². The predicted octanol–water partition coefficient (Wildman–Crippen LogP) is 2.60. The molecule has 1 saturated heterocycles. The number of anilines is 1. The van der Waals surface area contributed by atoms with E-state index in [1.54, 1.807) is 6.20 Å². The zero-order valence-electron chi connectivity index (χ0n) is 15.1. The summed E-state index contributed by atoms with van der Waals surface area (Å²) >= 11 is 6.08. The van der Waals surface area contributed by atoms with Gasteiger partial charge in [-0.3, -0.25) is 14.7 Å². The van der Waals surface area contributed by atoms with Crippen LogP contribution in [-0.2, 0) is 11.2 Å². The average Bonchev–Trinajstić information content (AvgIpc) is 2.68. The van der Waals surface area contributed by atoms with Crippen LogP contribution < -0.4 is 10.2 Å². The molecule has 1 aromatic heterocycles. The summed E-state index contributed by atoms with van der Waals surface area (Å²) in [5.41, 5.74) is 2.14. The van der Waals surface area contributed by atoms with E-state index in [2.05, 4.69) is 26.2 Å². The molecule has 1 amide bonds. The van der Waals surface area contributed by atoms with E-state index in [1.807, 2.05) is 43.3 Å². The fourth-order valence-electron chi connectivity index (χ4n) is 3.21. The summed E-state index contributed by atoms with van der Waals surface area (Å²) in [5.74, 6) is 0.0807. The van der Waals surface area contributed by atoms with Crippen molar-refractivity contribution < 1.29 is 4.79 Å². The van der Waals surface area contributed by atoms with Crippen LogP contribution in [0.15, 0.2) is 48.7 Å².